The van der Waals surface area contributed by atoms with Crippen LogP contribution < -0.4 is 4.90 Å². The summed E-state index contributed by atoms with van der Waals surface area (Å²) in [6.07, 6.45) is 10.6. The fraction of sp³-hybridized carbons (Fsp3) is 0.571. The topological polar surface area (TPSA) is 84.3 Å². The van der Waals surface area contributed by atoms with E-state index in [0.29, 0.717) is 13.1 Å². The standard InChI is InChI=1S/C21H28N6O2/c1-20(2,3)29-19(28)26-13-7-21(8-14-26)6-4-12-27(21)18-24-9-5-16(25-18)17-15-22-10-11-23-17/h5,9-11,15H,4,6-8,12-14H2,1-3H3. The highest BCUT2D eigenvalue weighted by atomic mass is 16.6. The van der Waals surface area contributed by atoms with Gasteiger partial charge >= 0.3 is 6.09 Å². The van der Waals surface area contributed by atoms with Gasteiger partial charge in [0.1, 0.15) is 11.3 Å². The zero-order valence-corrected chi connectivity index (χ0v) is 17.3. The number of amides is 1. The summed E-state index contributed by atoms with van der Waals surface area (Å²) in [4.78, 5) is 34.4. The number of rotatable bonds is 2. The van der Waals surface area contributed by atoms with Crippen LogP contribution in [-0.2, 0) is 4.74 Å². The third kappa shape index (κ3) is 4.16. The molecule has 154 valence electrons. The van der Waals surface area contributed by atoms with Crippen molar-refractivity contribution < 1.29 is 9.53 Å². The lowest BCUT2D eigenvalue weighted by molar-refractivity contribution is 0.0169. The lowest BCUT2D eigenvalue weighted by Crippen LogP contribution is -2.54. The van der Waals surface area contributed by atoms with Crippen molar-refractivity contribution in [3.05, 3.63) is 30.9 Å². The molecule has 0 unspecified atom stereocenters. The molecule has 0 bridgehead atoms. The smallest absolute Gasteiger partial charge is 0.410 e. The van der Waals surface area contributed by atoms with Gasteiger partial charge in [-0.1, -0.05) is 0 Å². The minimum absolute atomic E-state index is 0.000494. The summed E-state index contributed by atoms with van der Waals surface area (Å²) in [5.41, 5.74) is 1.04. The third-order valence-corrected chi connectivity index (χ3v) is 5.65. The van der Waals surface area contributed by atoms with E-state index < -0.39 is 5.60 Å². The minimum atomic E-state index is -0.472. The Kier molecular flexibility index (Phi) is 5.10. The SMILES string of the molecule is CC(C)(C)OC(=O)N1CCC2(CCCN2c2nccc(-c3cnccn3)n2)CC1. The predicted molar refractivity (Wildman–Crippen MR) is 109 cm³/mol. The van der Waals surface area contributed by atoms with Crippen LogP contribution in [0, 0.1) is 0 Å². The lowest BCUT2D eigenvalue weighted by atomic mass is 9.85. The number of piperidine rings is 1. The van der Waals surface area contributed by atoms with Crippen molar-refractivity contribution in [3.63, 3.8) is 0 Å². The second-order valence-corrected chi connectivity index (χ2v) is 8.78. The van der Waals surface area contributed by atoms with E-state index in [-0.39, 0.29) is 11.6 Å². The van der Waals surface area contributed by atoms with E-state index in [2.05, 4.69) is 19.9 Å². The van der Waals surface area contributed by atoms with Gasteiger partial charge in [0, 0.05) is 43.8 Å². The maximum atomic E-state index is 12.4. The van der Waals surface area contributed by atoms with Crippen LogP contribution in [0.3, 0.4) is 0 Å². The van der Waals surface area contributed by atoms with E-state index in [9.17, 15) is 4.79 Å². The normalized spacial score (nSPS) is 18.9. The maximum absolute atomic E-state index is 12.4. The van der Waals surface area contributed by atoms with Crippen LogP contribution in [0.5, 0.6) is 0 Å². The molecule has 29 heavy (non-hydrogen) atoms. The molecule has 0 aliphatic carbocycles. The van der Waals surface area contributed by atoms with Crippen LogP contribution in [0.4, 0.5) is 10.7 Å². The molecule has 2 aromatic rings. The highest BCUT2D eigenvalue weighted by Crippen LogP contribution is 2.40. The van der Waals surface area contributed by atoms with Crippen LogP contribution in [-0.4, -0.2) is 61.7 Å². The number of carbonyl (C=O) groups excluding carboxylic acids is 1. The molecule has 1 spiro atoms. The Labute approximate surface area is 171 Å². The van der Waals surface area contributed by atoms with E-state index in [0.717, 1.165) is 49.6 Å². The Morgan fingerprint density at radius 3 is 2.52 bits per heavy atom. The molecule has 4 rings (SSSR count). The zero-order valence-electron chi connectivity index (χ0n) is 17.3. The van der Waals surface area contributed by atoms with Gasteiger partial charge in [0.2, 0.25) is 5.95 Å². The van der Waals surface area contributed by atoms with Crippen LogP contribution in [0.1, 0.15) is 46.5 Å². The van der Waals surface area contributed by atoms with Gasteiger partial charge < -0.3 is 14.5 Å². The average molecular weight is 396 g/mol. The first-order valence-corrected chi connectivity index (χ1v) is 10.2. The first kappa shape index (κ1) is 19.5. The first-order valence-electron chi connectivity index (χ1n) is 10.2. The molecule has 0 radical (unpaired) electrons. The third-order valence-electron chi connectivity index (χ3n) is 5.65. The Hall–Kier alpha value is -2.77. The van der Waals surface area contributed by atoms with Crippen molar-refractivity contribution in [2.45, 2.75) is 57.6 Å². The zero-order chi connectivity index (χ0) is 20.5. The van der Waals surface area contributed by atoms with Gasteiger partial charge in [-0.15, -0.1) is 0 Å². The van der Waals surface area contributed by atoms with Gasteiger partial charge in [-0.3, -0.25) is 9.97 Å². The van der Waals surface area contributed by atoms with Gasteiger partial charge in [0.05, 0.1) is 11.9 Å². The van der Waals surface area contributed by atoms with Crippen molar-refractivity contribution in [2.24, 2.45) is 0 Å². The molecule has 2 aliphatic heterocycles. The van der Waals surface area contributed by atoms with Gasteiger partial charge in [-0.25, -0.2) is 14.8 Å². The fourth-order valence-corrected chi connectivity index (χ4v) is 4.25. The Morgan fingerprint density at radius 1 is 1.03 bits per heavy atom. The number of anilines is 1. The second kappa shape index (κ2) is 7.57. The van der Waals surface area contributed by atoms with Crippen LogP contribution in [0.2, 0.25) is 0 Å². The molecule has 0 aromatic carbocycles. The van der Waals surface area contributed by atoms with Gasteiger partial charge in [-0.05, 0) is 52.5 Å². The summed E-state index contributed by atoms with van der Waals surface area (Å²) < 4.78 is 5.54. The molecular formula is C21H28N6O2. The van der Waals surface area contributed by atoms with Crippen molar-refractivity contribution >= 4 is 12.0 Å². The number of ether oxygens (including phenoxy) is 1. The molecule has 0 saturated carbocycles. The molecule has 2 aromatic heterocycles. The molecule has 8 heteroatoms. The van der Waals surface area contributed by atoms with E-state index in [1.54, 1.807) is 24.8 Å². The van der Waals surface area contributed by atoms with E-state index in [1.807, 2.05) is 31.7 Å². The monoisotopic (exact) mass is 396 g/mol. The lowest BCUT2D eigenvalue weighted by Gasteiger charge is -2.45. The second-order valence-electron chi connectivity index (χ2n) is 8.78. The van der Waals surface area contributed by atoms with E-state index in [1.165, 1.54) is 0 Å². The van der Waals surface area contributed by atoms with E-state index in [4.69, 9.17) is 9.72 Å². The van der Waals surface area contributed by atoms with E-state index >= 15 is 0 Å². The molecule has 0 N–H and O–H groups in total. The number of carbonyl (C=O) groups is 1. The fourth-order valence-electron chi connectivity index (χ4n) is 4.25. The number of hydrogen-bond donors (Lipinski definition) is 0. The van der Waals surface area contributed by atoms with Gasteiger partial charge in [-0.2, -0.15) is 0 Å². The summed E-state index contributed by atoms with van der Waals surface area (Å²) in [5.74, 6) is 0.733. The Balaban J connectivity index is 1.50. The summed E-state index contributed by atoms with van der Waals surface area (Å²) in [6.45, 7) is 8.00. The molecule has 2 aliphatic rings. The largest absolute Gasteiger partial charge is 0.444 e. The number of nitrogens with zero attached hydrogens (tertiary/aromatic N) is 6. The summed E-state index contributed by atoms with van der Waals surface area (Å²) in [7, 11) is 0. The Bertz CT molecular complexity index is 859. The molecule has 8 nitrogen and oxygen atoms in total. The highest BCUT2D eigenvalue weighted by molar-refractivity contribution is 5.68. The molecule has 1 amide bonds. The van der Waals surface area contributed by atoms with Crippen molar-refractivity contribution in [3.8, 4) is 11.4 Å². The highest BCUT2D eigenvalue weighted by Gasteiger charge is 2.45. The first-order chi connectivity index (χ1) is 13.9. The van der Waals surface area contributed by atoms with Crippen LogP contribution in [0.15, 0.2) is 30.9 Å². The van der Waals surface area contributed by atoms with Crippen LogP contribution >= 0.6 is 0 Å². The predicted octanol–water partition coefficient (Wildman–Crippen LogP) is 3.30. The number of likely N-dealkylation sites (tertiary alicyclic amines) is 1. The summed E-state index contributed by atoms with van der Waals surface area (Å²) in [6, 6.07) is 1.86. The molecular weight excluding hydrogens is 368 g/mol. The van der Waals surface area contributed by atoms with Gasteiger partial charge in [0.15, 0.2) is 0 Å². The summed E-state index contributed by atoms with van der Waals surface area (Å²) in [5, 5.41) is 0. The number of aromatic nitrogens is 4. The average Bonchev–Trinajstić information content (AvgIpc) is 3.11. The van der Waals surface area contributed by atoms with Crippen molar-refractivity contribution in [1.82, 2.24) is 24.8 Å². The van der Waals surface area contributed by atoms with Crippen molar-refractivity contribution in [2.75, 3.05) is 24.5 Å². The Morgan fingerprint density at radius 2 is 1.83 bits per heavy atom. The molecule has 2 fully saturated rings. The van der Waals surface area contributed by atoms with Crippen LogP contribution in [0.25, 0.3) is 11.4 Å². The molecule has 2 saturated heterocycles. The maximum Gasteiger partial charge on any atom is 0.410 e. The number of hydrogen-bond acceptors (Lipinski definition) is 7. The van der Waals surface area contributed by atoms with Gasteiger partial charge in [0.25, 0.3) is 0 Å². The minimum Gasteiger partial charge on any atom is -0.444 e. The molecule has 0 atom stereocenters. The summed E-state index contributed by atoms with van der Waals surface area (Å²) >= 11 is 0. The quantitative estimate of drug-likeness (QED) is 0.770. The molecule has 4 heterocycles. The van der Waals surface area contributed by atoms with Crippen molar-refractivity contribution in [1.29, 1.82) is 0 Å².